The van der Waals surface area contributed by atoms with E-state index in [4.69, 9.17) is 0 Å². The number of alkyl halides is 6. The van der Waals surface area contributed by atoms with Gasteiger partial charge in [-0.2, -0.15) is 31.4 Å². The van der Waals surface area contributed by atoms with Crippen molar-refractivity contribution < 1.29 is 26.3 Å². The topological polar surface area (TPSA) is 61.4 Å². The number of aryl methyl sites for hydroxylation is 1. The lowest BCUT2D eigenvalue weighted by Gasteiger charge is -2.10. The molecule has 0 saturated heterocycles. The van der Waals surface area contributed by atoms with E-state index >= 15 is 0 Å². The lowest BCUT2D eigenvalue weighted by Crippen LogP contribution is -2.05. The molecule has 0 aliphatic rings. The Morgan fingerprint density at radius 1 is 0.969 bits per heavy atom. The van der Waals surface area contributed by atoms with Gasteiger partial charge < -0.3 is 4.57 Å². The zero-order valence-corrected chi connectivity index (χ0v) is 17.3. The van der Waals surface area contributed by atoms with Crippen LogP contribution in [0, 0.1) is 0 Å². The molecule has 0 unspecified atom stereocenters. The van der Waals surface area contributed by atoms with Crippen LogP contribution in [0.15, 0.2) is 41.7 Å². The number of rotatable bonds is 4. The molecule has 0 aromatic carbocycles. The highest BCUT2D eigenvalue weighted by Gasteiger charge is 2.33. The summed E-state index contributed by atoms with van der Waals surface area (Å²) >= 11 is 1.41. The lowest BCUT2D eigenvalue weighted by atomic mass is 10.2. The van der Waals surface area contributed by atoms with Gasteiger partial charge in [0.25, 0.3) is 0 Å². The third-order valence-corrected chi connectivity index (χ3v) is 5.47. The van der Waals surface area contributed by atoms with E-state index in [0.717, 1.165) is 23.1 Å². The van der Waals surface area contributed by atoms with E-state index in [0.29, 0.717) is 22.5 Å². The first-order chi connectivity index (χ1) is 15.0. The summed E-state index contributed by atoms with van der Waals surface area (Å²) in [5, 5.41) is 3.73. The Bertz CT molecular complexity index is 1290. The van der Waals surface area contributed by atoms with Gasteiger partial charge in [0.1, 0.15) is 11.2 Å². The Hall–Kier alpha value is -3.09. The molecule has 4 rings (SSSR count). The van der Waals surface area contributed by atoms with Crippen molar-refractivity contribution in [2.24, 2.45) is 7.05 Å². The molecule has 0 fully saturated rings. The average molecular weight is 472 g/mol. The first kappa shape index (κ1) is 22.1. The predicted octanol–water partition coefficient (Wildman–Crippen LogP) is 5.37. The van der Waals surface area contributed by atoms with Crippen molar-refractivity contribution in [1.29, 1.82) is 0 Å². The summed E-state index contributed by atoms with van der Waals surface area (Å²) in [6, 6.07) is 4.07. The SMILES string of the molecule is CCSc1ccc(-n2cc(C(F)(F)F)cn2)nc1-c1nc2cc(C(F)(F)F)cnc2n1C. The number of halogens is 6. The van der Waals surface area contributed by atoms with Crippen molar-refractivity contribution >= 4 is 22.9 Å². The van der Waals surface area contributed by atoms with Gasteiger partial charge in [-0.05, 0) is 24.0 Å². The Morgan fingerprint density at radius 2 is 1.69 bits per heavy atom. The summed E-state index contributed by atoms with van der Waals surface area (Å²) < 4.78 is 80.5. The van der Waals surface area contributed by atoms with Crippen LogP contribution < -0.4 is 0 Å². The minimum absolute atomic E-state index is 0.0235. The molecule has 4 aromatic rings. The molecule has 32 heavy (non-hydrogen) atoms. The summed E-state index contributed by atoms with van der Waals surface area (Å²) in [6.07, 6.45) is -6.91. The predicted molar refractivity (Wildman–Crippen MR) is 105 cm³/mol. The normalized spacial score (nSPS) is 12.6. The standard InChI is InChI=1S/C19H14F6N6S/c1-3-32-13-4-5-14(31-9-11(8-27-31)19(23,24)25)29-15(13)17-28-12-6-10(18(20,21)22)7-26-16(12)30(17)2/h4-9H,3H2,1-2H3. The van der Waals surface area contributed by atoms with Crippen molar-refractivity contribution in [3.8, 4) is 17.3 Å². The van der Waals surface area contributed by atoms with Crippen molar-refractivity contribution in [3.63, 3.8) is 0 Å². The van der Waals surface area contributed by atoms with Crippen molar-refractivity contribution in [2.75, 3.05) is 5.75 Å². The van der Waals surface area contributed by atoms with E-state index in [1.54, 1.807) is 13.1 Å². The van der Waals surface area contributed by atoms with E-state index in [1.807, 2.05) is 6.92 Å². The molecule has 0 amide bonds. The number of aromatic nitrogens is 6. The summed E-state index contributed by atoms with van der Waals surface area (Å²) in [5.74, 6) is 0.994. The molecule has 4 aromatic heterocycles. The fraction of sp³-hybridized carbons (Fsp3) is 0.263. The number of hydrogen-bond acceptors (Lipinski definition) is 5. The number of nitrogens with zero attached hydrogens (tertiary/aromatic N) is 6. The molecule has 0 bridgehead atoms. The smallest absolute Gasteiger partial charge is 0.310 e. The van der Waals surface area contributed by atoms with Crippen LogP contribution in [0.3, 0.4) is 0 Å². The fourth-order valence-corrected chi connectivity index (χ4v) is 3.78. The highest BCUT2D eigenvalue weighted by atomic mass is 32.2. The minimum Gasteiger partial charge on any atom is -0.310 e. The second kappa shape index (κ2) is 7.80. The first-order valence-corrected chi connectivity index (χ1v) is 10.1. The van der Waals surface area contributed by atoms with Gasteiger partial charge >= 0.3 is 12.4 Å². The molecular weight excluding hydrogens is 458 g/mol. The van der Waals surface area contributed by atoms with Gasteiger partial charge in [-0.3, -0.25) is 0 Å². The monoisotopic (exact) mass is 472 g/mol. The summed E-state index contributed by atoms with van der Waals surface area (Å²) in [4.78, 5) is 13.3. The van der Waals surface area contributed by atoms with Crippen LogP contribution >= 0.6 is 11.8 Å². The largest absolute Gasteiger partial charge is 0.419 e. The summed E-state index contributed by atoms with van der Waals surface area (Å²) in [7, 11) is 1.58. The van der Waals surface area contributed by atoms with E-state index < -0.39 is 23.5 Å². The molecular formula is C19H14F6N6S. The Morgan fingerprint density at radius 3 is 2.31 bits per heavy atom. The van der Waals surface area contributed by atoms with E-state index in [-0.39, 0.29) is 22.8 Å². The lowest BCUT2D eigenvalue weighted by molar-refractivity contribution is -0.138. The average Bonchev–Trinajstić information content (AvgIpc) is 3.33. The molecule has 13 heteroatoms. The van der Waals surface area contributed by atoms with Crippen LogP contribution in [-0.4, -0.2) is 35.1 Å². The van der Waals surface area contributed by atoms with Crippen LogP contribution in [0.1, 0.15) is 18.1 Å². The van der Waals surface area contributed by atoms with Gasteiger partial charge in [0.2, 0.25) is 0 Å². The maximum atomic E-state index is 13.1. The maximum Gasteiger partial charge on any atom is 0.419 e. The van der Waals surface area contributed by atoms with Crippen LogP contribution in [0.4, 0.5) is 26.3 Å². The van der Waals surface area contributed by atoms with Gasteiger partial charge in [0, 0.05) is 24.3 Å². The Kier molecular flexibility index (Phi) is 5.39. The molecule has 4 heterocycles. The third kappa shape index (κ3) is 4.04. The van der Waals surface area contributed by atoms with Crippen LogP contribution in [0.5, 0.6) is 0 Å². The molecule has 168 valence electrons. The summed E-state index contributed by atoms with van der Waals surface area (Å²) in [6.45, 7) is 1.90. The fourth-order valence-electron chi connectivity index (χ4n) is 3.03. The quantitative estimate of drug-likeness (QED) is 0.295. The third-order valence-electron chi connectivity index (χ3n) is 4.54. The van der Waals surface area contributed by atoms with Gasteiger partial charge in [0.05, 0.1) is 17.3 Å². The first-order valence-electron chi connectivity index (χ1n) is 9.15. The zero-order valence-electron chi connectivity index (χ0n) is 16.5. The molecule has 0 aliphatic heterocycles. The highest BCUT2D eigenvalue weighted by molar-refractivity contribution is 7.99. The van der Waals surface area contributed by atoms with Crippen molar-refractivity contribution in [1.82, 2.24) is 29.3 Å². The molecule has 0 spiro atoms. The second-order valence-electron chi connectivity index (χ2n) is 6.68. The van der Waals surface area contributed by atoms with Gasteiger partial charge in [-0.15, -0.1) is 11.8 Å². The van der Waals surface area contributed by atoms with Crippen molar-refractivity contribution in [2.45, 2.75) is 24.2 Å². The van der Waals surface area contributed by atoms with Gasteiger partial charge in [0.15, 0.2) is 17.3 Å². The minimum atomic E-state index is -4.57. The highest BCUT2D eigenvalue weighted by Crippen LogP contribution is 2.34. The van der Waals surface area contributed by atoms with E-state index in [9.17, 15) is 26.3 Å². The Labute approximate surface area is 181 Å². The maximum absolute atomic E-state index is 13.1. The molecule has 0 atom stereocenters. The van der Waals surface area contributed by atoms with Gasteiger partial charge in [-0.25, -0.2) is 19.6 Å². The molecule has 0 aliphatic carbocycles. The number of pyridine rings is 2. The van der Waals surface area contributed by atoms with Crippen LogP contribution in [0.2, 0.25) is 0 Å². The summed E-state index contributed by atoms with van der Waals surface area (Å²) in [5.41, 5.74) is -1.33. The number of imidazole rings is 1. The molecule has 0 N–H and O–H groups in total. The number of thioether (sulfide) groups is 1. The number of fused-ring (bicyclic) bond motifs is 1. The molecule has 0 saturated carbocycles. The molecule has 0 radical (unpaired) electrons. The van der Waals surface area contributed by atoms with Gasteiger partial charge in [-0.1, -0.05) is 6.92 Å². The van der Waals surface area contributed by atoms with Crippen LogP contribution in [-0.2, 0) is 19.4 Å². The van der Waals surface area contributed by atoms with Crippen LogP contribution in [0.25, 0.3) is 28.5 Å². The Balaban J connectivity index is 1.86. The second-order valence-corrected chi connectivity index (χ2v) is 7.99. The van der Waals surface area contributed by atoms with Crippen molar-refractivity contribution in [3.05, 3.63) is 47.9 Å². The molecule has 6 nitrogen and oxygen atoms in total. The number of hydrogen-bond donors (Lipinski definition) is 0. The van der Waals surface area contributed by atoms with E-state index in [1.165, 1.54) is 22.4 Å². The zero-order chi connectivity index (χ0) is 23.3. The van der Waals surface area contributed by atoms with E-state index in [2.05, 4.69) is 20.1 Å².